The molecular formula is C14H17N5O3. The zero-order valence-corrected chi connectivity index (χ0v) is 12.5. The van der Waals surface area contributed by atoms with Crippen molar-refractivity contribution in [2.24, 2.45) is 0 Å². The van der Waals surface area contributed by atoms with Crippen LogP contribution in [0.1, 0.15) is 48.0 Å². The number of amides is 1. The highest BCUT2D eigenvalue weighted by molar-refractivity contribution is 5.92. The molecule has 116 valence electrons. The van der Waals surface area contributed by atoms with E-state index in [1.165, 1.54) is 7.11 Å². The van der Waals surface area contributed by atoms with Gasteiger partial charge in [-0.2, -0.15) is 4.98 Å². The number of aryl methyl sites for hydroxylation is 1. The van der Waals surface area contributed by atoms with Crippen LogP contribution in [0, 0.1) is 0 Å². The monoisotopic (exact) mass is 303 g/mol. The van der Waals surface area contributed by atoms with Crippen LogP contribution >= 0.6 is 0 Å². The Balaban J connectivity index is 1.80. The first-order valence-electron chi connectivity index (χ1n) is 7.24. The summed E-state index contributed by atoms with van der Waals surface area (Å²) in [4.78, 5) is 18.7. The maximum Gasteiger partial charge on any atom is 0.274 e. The number of ether oxygens (including phenoxy) is 1. The highest BCUT2D eigenvalue weighted by Gasteiger charge is 2.34. The van der Waals surface area contributed by atoms with E-state index in [0.717, 1.165) is 12.8 Å². The van der Waals surface area contributed by atoms with Gasteiger partial charge in [0.25, 0.3) is 5.91 Å². The fraction of sp³-hybridized carbons (Fsp3) is 0.500. The molecule has 0 bridgehead atoms. The van der Waals surface area contributed by atoms with Crippen LogP contribution < -0.4 is 4.74 Å². The number of aromatic nitrogens is 4. The number of likely N-dealkylation sites (tertiary alicyclic amines) is 1. The van der Waals surface area contributed by atoms with E-state index in [1.54, 1.807) is 17.0 Å². The lowest BCUT2D eigenvalue weighted by atomic mass is 10.2. The molecule has 22 heavy (non-hydrogen) atoms. The van der Waals surface area contributed by atoms with Gasteiger partial charge in [-0.05, 0) is 18.9 Å². The number of carbonyl (C=O) groups excluding carboxylic acids is 1. The third-order valence-corrected chi connectivity index (χ3v) is 3.67. The Labute approximate surface area is 127 Å². The molecule has 2 aromatic rings. The summed E-state index contributed by atoms with van der Waals surface area (Å²) in [5.74, 6) is 1.34. The minimum atomic E-state index is -0.180. The Morgan fingerprint density at radius 3 is 2.95 bits per heavy atom. The summed E-state index contributed by atoms with van der Waals surface area (Å²) in [6.45, 7) is 2.59. The van der Waals surface area contributed by atoms with Crippen LogP contribution in [0.2, 0.25) is 0 Å². The van der Waals surface area contributed by atoms with Gasteiger partial charge in [-0.3, -0.25) is 4.79 Å². The van der Waals surface area contributed by atoms with Crippen LogP contribution in [0.25, 0.3) is 0 Å². The average Bonchev–Trinajstić information content (AvgIpc) is 3.22. The Bertz CT molecular complexity index is 655. The molecule has 1 atom stereocenters. The van der Waals surface area contributed by atoms with E-state index >= 15 is 0 Å². The molecule has 1 aliphatic heterocycles. The Morgan fingerprint density at radius 1 is 1.45 bits per heavy atom. The minimum Gasteiger partial charge on any atom is -0.480 e. The van der Waals surface area contributed by atoms with Crippen LogP contribution in [0.3, 0.4) is 0 Å². The van der Waals surface area contributed by atoms with Gasteiger partial charge in [0.15, 0.2) is 11.5 Å². The zero-order valence-electron chi connectivity index (χ0n) is 12.5. The number of carbonyl (C=O) groups is 1. The summed E-state index contributed by atoms with van der Waals surface area (Å²) in [5, 5.41) is 11.7. The first kappa shape index (κ1) is 14.4. The van der Waals surface area contributed by atoms with Gasteiger partial charge in [0.05, 0.1) is 13.2 Å². The highest BCUT2D eigenvalue weighted by Crippen LogP contribution is 2.31. The largest absolute Gasteiger partial charge is 0.480 e. The molecule has 0 saturated carbocycles. The SMILES string of the molecule is CCc1nc(C2CCCN2C(=O)c2ccc(OC)nn2)no1. The third kappa shape index (κ3) is 2.63. The maximum atomic E-state index is 12.6. The lowest BCUT2D eigenvalue weighted by Gasteiger charge is -2.21. The molecule has 1 aliphatic rings. The summed E-state index contributed by atoms with van der Waals surface area (Å²) < 4.78 is 10.1. The number of methoxy groups -OCH3 is 1. The summed E-state index contributed by atoms with van der Waals surface area (Å²) in [6, 6.07) is 3.06. The van der Waals surface area contributed by atoms with Crippen molar-refractivity contribution in [3.05, 3.63) is 29.5 Å². The normalized spacial score (nSPS) is 17.7. The van der Waals surface area contributed by atoms with Gasteiger partial charge in [0, 0.05) is 19.0 Å². The average molecular weight is 303 g/mol. The molecule has 8 heteroatoms. The Hall–Kier alpha value is -2.51. The summed E-state index contributed by atoms with van der Waals surface area (Å²) in [5.41, 5.74) is 0.284. The van der Waals surface area contributed by atoms with E-state index in [2.05, 4.69) is 20.3 Å². The van der Waals surface area contributed by atoms with Gasteiger partial charge in [0.2, 0.25) is 11.8 Å². The Morgan fingerprint density at radius 2 is 2.32 bits per heavy atom. The van der Waals surface area contributed by atoms with Gasteiger partial charge in [0.1, 0.15) is 0 Å². The molecule has 0 aromatic carbocycles. The number of rotatable bonds is 4. The third-order valence-electron chi connectivity index (χ3n) is 3.67. The molecule has 1 unspecified atom stereocenters. The molecular weight excluding hydrogens is 286 g/mol. The van der Waals surface area contributed by atoms with Crippen molar-refractivity contribution >= 4 is 5.91 Å². The second-order valence-electron chi connectivity index (χ2n) is 5.02. The molecule has 1 fully saturated rings. The molecule has 0 spiro atoms. The van der Waals surface area contributed by atoms with E-state index in [0.29, 0.717) is 30.6 Å². The molecule has 0 radical (unpaired) electrons. The van der Waals surface area contributed by atoms with E-state index in [9.17, 15) is 4.79 Å². The van der Waals surface area contributed by atoms with Crippen molar-refractivity contribution < 1.29 is 14.1 Å². The van der Waals surface area contributed by atoms with Crippen LogP contribution in [-0.2, 0) is 6.42 Å². The number of hydrogen-bond acceptors (Lipinski definition) is 7. The van der Waals surface area contributed by atoms with Crippen molar-refractivity contribution in [3.63, 3.8) is 0 Å². The van der Waals surface area contributed by atoms with Crippen LogP contribution in [0.15, 0.2) is 16.7 Å². The standard InChI is InChI=1S/C14H17N5O3/c1-3-11-15-13(18-22-11)10-5-4-8-19(10)14(20)9-6-7-12(21-2)17-16-9/h6-7,10H,3-5,8H2,1-2H3. The van der Waals surface area contributed by atoms with E-state index in [4.69, 9.17) is 9.26 Å². The number of hydrogen-bond donors (Lipinski definition) is 0. The van der Waals surface area contributed by atoms with Gasteiger partial charge < -0.3 is 14.2 Å². The van der Waals surface area contributed by atoms with Crippen molar-refractivity contribution in [2.75, 3.05) is 13.7 Å². The van der Waals surface area contributed by atoms with Gasteiger partial charge >= 0.3 is 0 Å². The molecule has 1 amide bonds. The lowest BCUT2D eigenvalue weighted by molar-refractivity contribution is 0.0721. The molecule has 8 nitrogen and oxygen atoms in total. The summed E-state index contributed by atoms with van der Waals surface area (Å²) in [6.07, 6.45) is 2.39. The van der Waals surface area contributed by atoms with Crippen molar-refractivity contribution in [1.29, 1.82) is 0 Å². The maximum absolute atomic E-state index is 12.6. The fourth-order valence-corrected chi connectivity index (χ4v) is 2.52. The van der Waals surface area contributed by atoms with Gasteiger partial charge in [-0.1, -0.05) is 12.1 Å². The molecule has 3 heterocycles. The van der Waals surface area contributed by atoms with E-state index in [-0.39, 0.29) is 17.6 Å². The van der Waals surface area contributed by atoms with Gasteiger partial charge in [-0.15, -0.1) is 10.2 Å². The molecule has 0 N–H and O–H groups in total. The molecule has 2 aromatic heterocycles. The predicted molar refractivity (Wildman–Crippen MR) is 75.3 cm³/mol. The second-order valence-corrected chi connectivity index (χ2v) is 5.02. The molecule has 3 rings (SSSR count). The van der Waals surface area contributed by atoms with Crippen molar-refractivity contribution in [2.45, 2.75) is 32.2 Å². The van der Waals surface area contributed by atoms with Crippen LogP contribution in [-0.4, -0.2) is 44.8 Å². The quantitative estimate of drug-likeness (QED) is 0.842. The van der Waals surface area contributed by atoms with Crippen LogP contribution in [0.5, 0.6) is 5.88 Å². The van der Waals surface area contributed by atoms with Gasteiger partial charge in [-0.25, -0.2) is 0 Å². The smallest absolute Gasteiger partial charge is 0.274 e. The minimum absolute atomic E-state index is 0.166. The first-order chi connectivity index (χ1) is 10.7. The zero-order chi connectivity index (χ0) is 15.5. The van der Waals surface area contributed by atoms with Crippen LogP contribution in [0.4, 0.5) is 0 Å². The molecule has 1 saturated heterocycles. The van der Waals surface area contributed by atoms with E-state index in [1.807, 2.05) is 6.92 Å². The fourth-order valence-electron chi connectivity index (χ4n) is 2.52. The topological polar surface area (TPSA) is 94.2 Å². The lowest BCUT2D eigenvalue weighted by Crippen LogP contribution is -2.31. The summed E-state index contributed by atoms with van der Waals surface area (Å²) in [7, 11) is 1.50. The van der Waals surface area contributed by atoms with Crippen molar-refractivity contribution in [3.8, 4) is 5.88 Å². The molecule has 0 aliphatic carbocycles. The second kappa shape index (κ2) is 6.08. The summed E-state index contributed by atoms with van der Waals surface area (Å²) >= 11 is 0. The van der Waals surface area contributed by atoms with Crippen molar-refractivity contribution in [1.82, 2.24) is 25.2 Å². The van der Waals surface area contributed by atoms with E-state index < -0.39 is 0 Å². The Kier molecular flexibility index (Phi) is 3.99. The first-order valence-corrected chi connectivity index (χ1v) is 7.24. The predicted octanol–water partition coefficient (Wildman–Crippen LogP) is 1.41. The number of nitrogens with zero attached hydrogens (tertiary/aromatic N) is 5. The highest BCUT2D eigenvalue weighted by atomic mass is 16.5.